The van der Waals surface area contributed by atoms with Crippen molar-refractivity contribution in [2.75, 3.05) is 32.8 Å². The summed E-state index contributed by atoms with van der Waals surface area (Å²) in [7, 11) is -1.69. The molecule has 1 aliphatic rings. The van der Waals surface area contributed by atoms with Gasteiger partial charge in [-0.05, 0) is 38.6 Å². The highest BCUT2D eigenvalue weighted by Crippen LogP contribution is 2.24. The van der Waals surface area contributed by atoms with Crippen molar-refractivity contribution in [1.29, 1.82) is 0 Å². The first-order valence-electron chi connectivity index (χ1n) is 6.83. The Morgan fingerprint density at radius 3 is 1.81 bits per heavy atom. The lowest BCUT2D eigenvalue weighted by Crippen LogP contribution is -2.71. The van der Waals surface area contributed by atoms with E-state index in [2.05, 4.69) is 36.8 Å². The van der Waals surface area contributed by atoms with Gasteiger partial charge in [0.05, 0.1) is 0 Å². The van der Waals surface area contributed by atoms with Gasteiger partial charge in [-0.3, -0.25) is 0 Å². The molecule has 0 unspecified atom stereocenters. The van der Waals surface area contributed by atoms with Crippen LogP contribution in [0.25, 0.3) is 0 Å². The number of rotatable bonds is 6. The third kappa shape index (κ3) is 2.76. The summed E-state index contributed by atoms with van der Waals surface area (Å²) >= 11 is 0. The predicted octanol–water partition coefficient (Wildman–Crippen LogP) is 1.11. The van der Waals surface area contributed by atoms with Gasteiger partial charge in [0, 0.05) is 6.61 Å². The second-order valence-electron chi connectivity index (χ2n) is 4.48. The molecule has 0 aromatic heterocycles. The van der Waals surface area contributed by atoms with Crippen molar-refractivity contribution in [1.82, 2.24) is 9.13 Å². The molecule has 1 saturated heterocycles. The van der Waals surface area contributed by atoms with E-state index in [0.717, 1.165) is 6.61 Å². The topological polar surface area (TPSA) is 15.7 Å². The lowest BCUT2D eigenvalue weighted by molar-refractivity contribution is 0.293. The highest BCUT2D eigenvalue weighted by molar-refractivity contribution is 7.19. The second-order valence-corrected chi connectivity index (χ2v) is 13.2. The van der Waals surface area contributed by atoms with E-state index in [0.29, 0.717) is 0 Å². The molecule has 0 bridgehead atoms. The van der Waals surface area contributed by atoms with Gasteiger partial charge >= 0.3 is 0 Å². The Hall–Kier alpha value is 0.314. The summed E-state index contributed by atoms with van der Waals surface area (Å²) in [4.78, 5) is 0. The molecule has 96 valence electrons. The third-order valence-electron chi connectivity index (χ3n) is 3.90. The van der Waals surface area contributed by atoms with E-state index >= 15 is 0 Å². The molecule has 0 aromatic rings. The first-order valence-corrected chi connectivity index (χ1v) is 11.8. The van der Waals surface area contributed by atoms with Crippen LogP contribution in [0.3, 0.4) is 0 Å². The zero-order valence-corrected chi connectivity index (χ0v) is 13.9. The van der Waals surface area contributed by atoms with Crippen molar-refractivity contribution in [2.45, 2.75) is 40.2 Å². The summed E-state index contributed by atoms with van der Waals surface area (Å²) < 4.78 is 11.5. The fourth-order valence-electron chi connectivity index (χ4n) is 3.09. The highest BCUT2D eigenvalue weighted by atomic mass is 29.2. The van der Waals surface area contributed by atoms with Crippen molar-refractivity contribution in [2.24, 2.45) is 0 Å². The van der Waals surface area contributed by atoms with Crippen LogP contribution in [-0.2, 0) is 4.43 Å². The predicted molar refractivity (Wildman–Crippen MR) is 75.5 cm³/mol. The molecule has 16 heavy (non-hydrogen) atoms. The van der Waals surface area contributed by atoms with Crippen LogP contribution < -0.4 is 0 Å². The van der Waals surface area contributed by atoms with E-state index in [-0.39, 0.29) is 9.28 Å². The zero-order chi connectivity index (χ0) is 12.0. The van der Waals surface area contributed by atoms with Crippen molar-refractivity contribution < 1.29 is 4.43 Å². The Kier molecular flexibility index (Phi) is 6.21. The Balaban J connectivity index is 2.89. The smallest absolute Gasteiger partial charge is 0.217 e. The maximum absolute atomic E-state index is 5.97. The van der Waals surface area contributed by atoms with E-state index in [9.17, 15) is 0 Å². The van der Waals surface area contributed by atoms with Crippen LogP contribution in [0.4, 0.5) is 0 Å². The lowest BCUT2D eigenvalue weighted by Gasteiger charge is -2.49. The minimum Gasteiger partial charge on any atom is -0.424 e. The Labute approximate surface area is 104 Å². The van der Waals surface area contributed by atoms with Crippen LogP contribution in [0.5, 0.6) is 0 Å². The van der Waals surface area contributed by atoms with Crippen molar-refractivity contribution in [3.63, 3.8) is 0 Å². The minimum absolute atomic E-state index is 0.332. The van der Waals surface area contributed by atoms with E-state index in [1.54, 1.807) is 0 Å². The molecular formula is C11H28N2OSi2. The summed E-state index contributed by atoms with van der Waals surface area (Å²) in [6.45, 7) is 15.1. The first-order chi connectivity index (χ1) is 7.75. The van der Waals surface area contributed by atoms with Crippen LogP contribution in [0.2, 0.25) is 6.04 Å². The molecule has 0 spiro atoms. The van der Waals surface area contributed by atoms with Gasteiger partial charge in [0.15, 0.2) is 9.28 Å². The van der Waals surface area contributed by atoms with Gasteiger partial charge in [0.2, 0.25) is 7.91 Å². The Morgan fingerprint density at radius 1 is 1.00 bits per heavy atom. The second kappa shape index (κ2) is 6.91. The molecule has 3 nitrogen and oxygen atoms in total. The molecule has 0 saturated carbocycles. The quantitative estimate of drug-likeness (QED) is 0.666. The van der Waals surface area contributed by atoms with Crippen molar-refractivity contribution in [3.8, 4) is 0 Å². The highest BCUT2D eigenvalue weighted by Gasteiger charge is 2.45. The first kappa shape index (κ1) is 14.4. The summed E-state index contributed by atoms with van der Waals surface area (Å²) in [5.41, 5.74) is 0. The molecule has 1 heterocycles. The molecule has 5 heteroatoms. The van der Waals surface area contributed by atoms with Gasteiger partial charge in [-0.1, -0.05) is 27.7 Å². The zero-order valence-electron chi connectivity index (χ0n) is 11.5. The van der Waals surface area contributed by atoms with Crippen molar-refractivity contribution in [3.05, 3.63) is 0 Å². The largest absolute Gasteiger partial charge is 0.424 e. The van der Waals surface area contributed by atoms with Crippen molar-refractivity contribution >= 4 is 17.2 Å². The summed E-state index contributed by atoms with van der Waals surface area (Å²) in [5.74, 6) is 0. The maximum atomic E-state index is 5.97. The molecule has 1 fully saturated rings. The molecule has 0 aliphatic carbocycles. The number of nitrogens with zero attached hydrogens (tertiary/aromatic N) is 2. The fraction of sp³-hybridized carbons (Fsp3) is 1.00. The number of hydrogen-bond donors (Lipinski definition) is 0. The normalized spacial score (nSPS) is 22.1. The molecule has 1 aliphatic heterocycles. The standard InChI is InChI=1S/C11H28N2OSi2/c1-5-12(6-2)16(13(7-3)8-4)11-9-10-14-15-16/h5-11,15H2,1-4H3. The van der Waals surface area contributed by atoms with Gasteiger partial charge in [0.25, 0.3) is 0 Å². The monoisotopic (exact) mass is 260 g/mol. The molecule has 0 N–H and O–H groups in total. The van der Waals surface area contributed by atoms with Gasteiger partial charge in [0.1, 0.15) is 0 Å². The molecule has 0 aromatic carbocycles. The number of hydrogen-bond acceptors (Lipinski definition) is 3. The maximum Gasteiger partial charge on any atom is 0.217 e. The van der Waals surface area contributed by atoms with E-state index < -0.39 is 7.91 Å². The van der Waals surface area contributed by atoms with Gasteiger partial charge in [-0.25, -0.2) is 0 Å². The molecule has 1 rings (SSSR count). The SMILES string of the molecule is CCN(CC)[Si]1(N(CC)CC)CCCO[SiH2]1. The molecular weight excluding hydrogens is 232 g/mol. The van der Waals surface area contributed by atoms with E-state index in [4.69, 9.17) is 4.43 Å². The molecule has 0 radical (unpaired) electrons. The lowest BCUT2D eigenvalue weighted by atomic mass is 10.5. The van der Waals surface area contributed by atoms with Crippen LogP contribution in [0, 0.1) is 0 Å². The van der Waals surface area contributed by atoms with Crippen LogP contribution in [0.15, 0.2) is 0 Å². The van der Waals surface area contributed by atoms with E-state index in [1.165, 1.54) is 38.6 Å². The summed E-state index contributed by atoms with van der Waals surface area (Å²) in [6.07, 6.45) is 1.28. The Bertz CT molecular complexity index is 176. The van der Waals surface area contributed by atoms with Crippen LogP contribution >= 0.6 is 0 Å². The van der Waals surface area contributed by atoms with Gasteiger partial charge in [-0.15, -0.1) is 0 Å². The fourth-order valence-corrected chi connectivity index (χ4v) is 14.7. The molecule has 0 amide bonds. The average Bonchev–Trinajstić information content (AvgIpc) is 2.33. The van der Waals surface area contributed by atoms with Gasteiger partial charge in [-0.2, -0.15) is 0 Å². The minimum atomic E-state index is -1.36. The van der Waals surface area contributed by atoms with Crippen LogP contribution in [0.1, 0.15) is 34.1 Å². The third-order valence-corrected chi connectivity index (χ3v) is 15.4. The van der Waals surface area contributed by atoms with Crippen LogP contribution in [-0.4, -0.2) is 59.1 Å². The Morgan fingerprint density at radius 2 is 1.50 bits per heavy atom. The summed E-state index contributed by atoms with van der Waals surface area (Å²) in [6, 6.07) is 1.45. The summed E-state index contributed by atoms with van der Waals surface area (Å²) in [5, 5.41) is 0. The molecule has 0 atom stereocenters. The van der Waals surface area contributed by atoms with Gasteiger partial charge < -0.3 is 13.6 Å². The van der Waals surface area contributed by atoms with E-state index in [1.807, 2.05) is 0 Å². The average molecular weight is 261 g/mol.